The minimum atomic E-state index is -5.27. The van der Waals surface area contributed by atoms with E-state index in [9.17, 15) is 36.8 Å². The van der Waals surface area contributed by atoms with Crippen molar-refractivity contribution in [2.24, 2.45) is 0 Å². The van der Waals surface area contributed by atoms with Gasteiger partial charge in [-0.1, -0.05) is 0 Å². The lowest BCUT2D eigenvalue weighted by Crippen LogP contribution is -2.47. The van der Waals surface area contributed by atoms with Gasteiger partial charge in [-0.25, -0.2) is 18.3 Å². The van der Waals surface area contributed by atoms with Gasteiger partial charge in [0.05, 0.1) is 45.8 Å². The smallest absolute Gasteiger partial charge is 0.422 e. The Labute approximate surface area is 272 Å². The monoisotopic (exact) mass is 679 g/mol. The third-order valence-electron chi connectivity index (χ3n) is 8.28. The molecule has 47 heavy (non-hydrogen) atoms. The number of nitrogens with zero attached hydrogens (tertiary/aromatic N) is 2. The summed E-state index contributed by atoms with van der Waals surface area (Å²) in [6.07, 6.45) is -7.02. The predicted molar refractivity (Wildman–Crippen MR) is 168 cm³/mol. The van der Waals surface area contributed by atoms with E-state index in [0.29, 0.717) is 31.1 Å². The molecule has 0 bridgehead atoms. The minimum absolute atomic E-state index is 0.0714. The number of aliphatic hydroxyl groups excluding tert-OH is 1. The number of ketones is 1. The molecule has 9 nitrogen and oxygen atoms in total. The lowest BCUT2D eigenvalue weighted by molar-refractivity contribution is -0.270. The van der Waals surface area contributed by atoms with E-state index in [2.05, 4.69) is 9.71 Å². The molecule has 0 aliphatic carbocycles. The van der Waals surface area contributed by atoms with Crippen LogP contribution in [0.25, 0.3) is 11.3 Å². The van der Waals surface area contributed by atoms with Crippen LogP contribution in [0.3, 0.4) is 0 Å². The maximum atomic E-state index is 14.9. The van der Waals surface area contributed by atoms with Gasteiger partial charge in [0.2, 0.25) is 5.60 Å². The van der Waals surface area contributed by atoms with Crippen molar-refractivity contribution in [2.45, 2.75) is 62.6 Å². The highest BCUT2D eigenvalue weighted by Gasteiger charge is 2.57. The van der Waals surface area contributed by atoms with Crippen LogP contribution in [-0.4, -0.2) is 69.0 Å². The van der Waals surface area contributed by atoms with E-state index in [1.54, 1.807) is 33.8 Å². The van der Waals surface area contributed by atoms with Crippen LogP contribution < -0.4 is 19.1 Å². The quantitative estimate of drug-likeness (QED) is 0.199. The first-order valence-corrected chi connectivity index (χ1v) is 16.2. The summed E-state index contributed by atoms with van der Waals surface area (Å²) in [5, 5.41) is 20.8. The van der Waals surface area contributed by atoms with Crippen molar-refractivity contribution in [1.29, 1.82) is 0 Å². The van der Waals surface area contributed by atoms with Crippen LogP contribution in [0.5, 0.6) is 11.5 Å². The Kier molecular flexibility index (Phi) is 9.45. The SMILES string of the molecule is CC1(NS(=O)C(C)(C)C)COc2c1cc(C(O)(CCC(=O)c1ccc3c(c1)OCCN3CCO)C(F)(F)F)nc2-c1ccc(F)cc1. The van der Waals surface area contributed by atoms with E-state index in [0.717, 1.165) is 18.2 Å². The molecule has 0 saturated heterocycles. The second kappa shape index (κ2) is 12.8. The molecule has 3 aromatic rings. The number of rotatable bonds is 10. The van der Waals surface area contributed by atoms with Crippen molar-refractivity contribution in [3.63, 3.8) is 0 Å². The summed E-state index contributed by atoms with van der Waals surface area (Å²) in [6.45, 7) is 7.80. The zero-order valence-corrected chi connectivity index (χ0v) is 27.2. The van der Waals surface area contributed by atoms with Gasteiger partial charge in [-0.3, -0.25) is 4.79 Å². The summed E-state index contributed by atoms with van der Waals surface area (Å²) in [5.74, 6) is -0.765. The van der Waals surface area contributed by atoms with Gasteiger partial charge in [-0.15, -0.1) is 0 Å². The van der Waals surface area contributed by atoms with Gasteiger partial charge in [0, 0.05) is 29.7 Å². The Morgan fingerprint density at radius 2 is 1.81 bits per heavy atom. The molecule has 3 atom stereocenters. The van der Waals surface area contributed by atoms with Crippen molar-refractivity contribution >= 4 is 22.5 Å². The molecular weight excluding hydrogens is 642 g/mol. The van der Waals surface area contributed by atoms with Crippen molar-refractivity contribution < 1.29 is 46.3 Å². The Balaban J connectivity index is 1.54. The van der Waals surface area contributed by atoms with E-state index in [-0.39, 0.29) is 41.3 Å². The average Bonchev–Trinajstić information content (AvgIpc) is 3.34. The van der Waals surface area contributed by atoms with Crippen LogP contribution in [0.15, 0.2) is 48.5 Å². The summed E-state index contributed by atoms with van der Waals surface area (Å²) in [4.78, 5) is 19.4. The third-order valence-corrected chi connectivity index (χ3v) is 10.0. The standard InChI is InChI=1S/C33H37F4N3O6S/c1-30(2,3)47(44)39-31(4)19-46-29-23(31)18-27(38-28(29)20-5-8-22(34)9-6-20)32(43,33(35,36)37)12-11-25(42)21-7-10-24-26(17-21)45-16-14-40(24)13-15-41/h5-10,17-18,39,41,43H,11-16,19H2,1-4H3. The molecule has 0 radical (unpaired) electrons. The van der Waals surface area contributed by atoms with Gasteiger partial charge in [0.1, 0.15) is 30.5 Å². The largest absolute Gasteiger partial charge is 0.490 e. The normalized spacial score (nSPS) is 19.7. The molecule has 0 amide bonds. The number of benzene rings is 2. The van der Waals surface area contributed by atoms with Gasteiger partial charge in [-0.05, 0) is 82.6 Å². The summed E-state index contributed by atoms with van der Waals surface area (Å²) in [5.41, 5.74) is -4.54. The third kappa shape index (κ3) is 6.87. The fourth-order valence-corrected chi connectivity index (χ4v) is 6.38. The Morgan fingerprint density at radius 1 is 1.11 bits per heavy atom. The van der Waals surface area contributed by atoms with Gasteiger partial charge < -0.3 is 24.6 Å². The molecule has 0 fully saturated rings. The van der Waals surface area contributed by atoms with E-state index in [1.165, 1.54) is 24.3 Å². The fraction of sp³-hybridized carbons (Fsp3) is 0.455. The van der Waals surface area contributed by atoms with Crippen LogP contribution in [0.1, 0.15) is 62.2 Å². The molecule has 3 unspecified atom stereocenters. The number of hydrogen-bond acceptors (Lipinski definition) is 8. The first-order valence-electron chi connectivity index (χ1n) is 15.1. The van der Waals surface area contributed by atoms with Gasteiger partial charge >= 0.3 is 6.18 Å². The predicted octanol–water partition coefficient (Wildman–Crippen LogP) is 5.15. The number of nitrogens with one attached hydrogen (secondary N) is 1. The Hall–Kier alpha value is -3.59. The number of aromatic nitrogens is 1. The summed E-state index contributed by atoms with van der Waals surface area (Å²) in [7, 11) is -1.66. The molecule has 254 valence electrons. The number of aliphatic hydroxyl groups is 2. The first-order chi connectivity index (χ1) is 22.0. The number of ether oxygens (including phenoxy) is 2. The van der Waals surface area contributed by atoms with Gasteiger partial charge in [0.15, 0.2) is 11.5 Å². The Bertz CT molecular complexity index is 1680. The summed E-state index contributed by atoms with van der Waals surface area (Å²) >= 11 is 0. The van der Waals surface area contributed by atoms with Crippen LogP contribution in [-0.2, 0) is 22.1 Å². The molecule has 1 aromatic heterocycles. The minimum Gasteiger partial charge on any atom is -0.490 e. The van der Waals surface area contributed by atoms with Crippen LogP contribution in [0, 0.1) is 5.82 Å². The second-order valence-electron chi connectivity index (χ2n) is 12.9. The molecule has 3 N–H and O–H groups in total. The molecule has 14 heteroatoms. The summed E-state index contributed by atoms with van der Waals surface area (Å²) < 4.78 is 85.4. The van der Waals surface area contributed by atoms with Crippen LogP contribution in [0.2, 0.25) is 0 Å². The molecular formula is C33H37F4N3O6S. The summed E-state index contributed by atoms with van der Waals surface area (Å²) in [6, 6.07) is 10.5. The number of halogens is 4. The number of hydrogen-bond donors (Lipinski definition) is 3. The van der Waals surface area contributed by atoms with Crippen molar-refractivity contribution in [3.8, 4) is 22.8 Å². The van der Waals surface area contributed by atoms with Crippen LogP contribution in [0.4, 0.5) is 23.2 Å². The molecule has 0 saturated carbocycles. The maximum Gasteiger partial charge on any atom is 0.422 e. The number of carbonyl (C=O) groups is 1. The number of Topliss-reactive ketones (excluding diaryl/α,β-unsaturated/α-hetero) is 1. The zero-order chi connectivity index (χ0) is 34.4. The number of pyridine rings is 1. The Morgan fingerprint density at radius 3 is 2.45 bits per heavy atom. The van der Waals surface area contributed by atoms with E-state index in [4.69, 9.17) is 9.47 Å². The number of fused-ring (bicyclic) bond motifs is 2. The molecule has 5 rings (SSSR count). The lowest BCUT2D eigenvalue weighted by atomic mass is 9.86. The molecule has 3 heterocycles. The van der Waals surface area contributed by atoms with E-state index in [1.807, 2.05) is 4.90 Å². The highest BCUT2D eigenvalue weighted by molar-refractivity contribution is 7.84. The van der Waals surface area contributed by atoms with Crippen molar-refractivity contribution in [3.05, 3.63) is 71.2 Å². The van der Waals surface area contributed by atoms with Crippen LogP contribution >= 0.6 is 0 Å². The first kappa shape index (κ1) is 34.7. The zero-order valence-electron chi connectivity index (χ0n) is 26.4. The lowest BCUT2D eigenvalue weighted by Gasteiger charge is -2.32. The maximum absolute atomic E-state index is 14.9. The molecule has 2 aliphatic heterocycles. The van der Waals surface area contributed by atoms with Gasteiger partial charge in [-0.2, -0.15) is 13.2 Å². The van der Waals surface area contributed by atoms with E-state index < -0.39 is 63.2 Å². The van der Waals surface area contributed by atoms with Crippen molar-refractivity contribution in [1.82, 2.24) is 9.71 Å². The number of β-amino-alcohol motifs (C(OH)–C–C–N with tert-alkyl or cyclic N) is 1. The highest BCUT2D eigenvalue weighted by Crippen LogP contribution is 2.49. The number of alkyl halides is 3. The number of anilines is 1. The number of carbonyl (C=O) groups excluding carboxylic acids is 1. The van der Waals surface area contributed by atoms with E-state index >= 15 is 0 Å². The fourth-order valence-electron chi connectivity index (χ4n) is 5.50. The molecule has 2 aromatic carbocycles. The average molecular weight is 680 g/mol. The topological polar surface area (TPSA) is 121 Å². The second-order valence-corrected chi connectivity index (χ2v) is 14.8. The van der Waals surface area contributed by atoms with Gasteiger partial charge in [0.25, 0.3) is 0 Å². The van der Waals surface area contributed by atoms with Crippen molar-refractivity contribution in [2.75, 3.05) is 37.8 Å². The molecule has 0 spiro atoms. The molecule has 2 aliphatic rings. The highest BCUT2D eigenvalue weighted by atomic mass is 32.2.